The topological polar surface area (TPSA) is 88.7 Å². The summed E-state index contributed by atoms with van der Waals surface area (Å²) in [5, 5.41) is 9.66. The smallest absolute Gasteiger partial charge is 0.231 e. The van der Waals surface area contributed by atoms with Gasteiger partial charge < -0.3 is 24.4 Å². The number of carbonyl (C=O) groups is 1. The Morgan fingerprint density at radius 1 is 1.29 bits per heavy atom. The summed E-state index contributed by atoms with van der Waals surface area (Å²) in [6.07, 6.45) is 2.06. The molecule has 180 valence electrons. The molecule has 1 atom stereocenters. The molecule has 1 aromatic heterocycles. The van der Waals surface area contributed by atoms with Gasteiger partial charge in [0.15, 0.2) is 0 Å². The first-order valence-corrected chi connectivity index (χ1v) is 11.1. The molecule has 0 fully saturated rings. The third-order valence-electron chi connectivity index (χ3n) is 5.79. The lowest BCUT2D eigenvalue weighted by Gasteiger charge is -2.25. The van der Waals surface area contributed by atoms with E-state index in [9.17, 15) is 4.79 Å². The third kappa shape index (κ3) is 5.14. The van der Waals surface area contributed by atoms with Gasteiger partial charge in [0.05, 0.1) is 24.9 Å². The number of amides is 1. The molecule has 2 heterocycles. The first-order chi connectivity index (χ1) is 16.4. The van der Waals surface area contributed by atoms with Crippen molar-refractivity contribution >= 4 is 11.6 Å². The molecule has 34 heavy (non-hydrogen) atoms. The zero-order valence-electron chi connectivity index (χ0n) is 19.8. The number of H-pyrrole nitrogens is 1. The highest BCUT2D eigenvalue weighted by molar-refractivity contribution is 5.95. The van der Waals surface area contributed by atoms with Gasteiger partial charge in [-0.05, 0) is 57.3 Å². The second-order valence-corrected chi connectivity index (χ2v) is 8.56. The molecule has 0 saturated heterocycles. The van der Waals surface area contributed by atoms with Gasteiger partial charge in [0.25, 0.3) is 0 Å². The van der Waals surface area contributed by atoms with Crippen LogP contribution in [-0.4, -0.2) is 62.0 Å². The normalized spacial score (nSPS) is 14.9. The van der Waals surface area contributed by atoms with Crippen LogP contribution in [0.15, 0.2) is 36.5 Å². The minimum absolute atomic E-state index is 0.233. The Morgan fingerprint density at radius 2 is 2.12 bits per heavy atom. The number of halogens is 1. The second-order valence-electron chi connectivity index (χ2n) is 8.56. The van der Waals surface area contributed by atoms with Crippen LogP contribution in [0.5, 0.6) is 17.2 Å². The molecule has 0 radical (unpaired) electrons. The van der Waals surface area contributed by atoms with E-state index < -0.39 is 11.7 Å². The fourth-order valence-electron chi connectivity index (χ4n) is 3.84. The molecule has 9 heteroatoms. The minimum Gasteiger partial charge on any atom is -0.497 e. The van der Waals surface area contributed by atoms with Crippen molar-refractivity contribution in [2.24, 2.45) is 5.92 Å². The molecule has 4 rings (SSSR count). The summed E-state index contributed by atoms with van der Waals surface area (Å²) in [6.45, 7) is 3.10. The van der Waals surface area contributed by atoms with Crippen LogP contribution in [0.3, 0.4) is 0 Å². The zero-order chi connectivity index (χ0) is 24.2. The van der Waals surface area contributed by atoms with E-state index in [4.69, 9.17) is 14.2 Å². The number of nitrogens with one attached hydrogen (secondary N) is 2. The molecule has 0 unspecified atom stereocenters. The number of fused-ring (bicyclic) bond motifs is 1. The number of nitrogens with zero attached hydrogens (tertiary/aromatic N) is 2. The average Bonchev–Trinajstić information content (AvgIpc) is 3.24. The number of hydrogen-bond donors (Lipinski definition) is 2. The van der Waals surface area contributed by atoms with Crippen molar-refractivity contribution in [3.8, 4) is 28.4 Å². The first kappa shape index (κ1) is 23.6. The predicted molar refractivity (Wildman–Crippen MR) is 127 cm³/mol. The molecule has 0 bridgehead atoms. The van der Waals surface area contributed by atoms with Crippen LogP contribution in [0.2, 0.25) is 0 Å². The summed E-state index contributed by atoms with van der Waals surface area (Å²) >= 11 is 0. The maximum Gasteiger partial charge on any atom is 0.231 e. The molecule has 0 saturated carbocycles. The summed E-state index contributed by atoms with van der Waals surface area (Å²) in [5.41, 5.74) is 2.90. The SMILES string of the molecule is COc1ccc2c(c1)C[C@@H](C(=O)Nc1cc(F)c(-c3cn[nH]c3C)cc1OCCN(C)C)CO2. The minimum atomic E-state index is -0.477. The lowest BCUT2D eigenvalue weighted by Crippen LogP contribution is -2.32. The quantitative estimate of drug-likeness (QED) is 0.525. The monoisotopic (exact) mass is 468 g/mol. The summed E-state index contributed by atoms with van der Waals surface area (Å²) in [7, 11) is 5.47. The van der Waals surface area contributed by atoms with E-state index in [0.717, 1.165) is 17.0 Å². The highest BCUT2D eigenvalue weighted by Gasteiger charge is 2.28. The van der Waals surface area contributed by atoms with Crippen LogP contribution >= 0.6 is 0 Å². The van der Waals surface area contributed by atoms with E-state index in [1.54, 1.807) is 19.4 Å². The fourth-order valence-corrected chi connectivity index (χ4v) is 3.84. The van der Waals surface area contributed by atoms with Crippen molar-refractivity contribution < 1.29 is 23.4 Å². The van der Waals surface area contributed by atoms with Crippen LogP contribution in [0, 0.1) is 18.7 Å². The van der Waals surface area contributed by atoms with Crippen LogP contribution in [0.25, 0.3) is 11.1 Å². The van der Waals surface area contributed by atoms with Gasteiger partial charge in [-0.1, -0.05) is 0 Å². The van der Waals surface area contributed by atoms with E-state index in [1.165, 1.54) is 6.07 Å². The molecule has 0 spiro atoms. The van der Waals surface area contributed by atoms with Gasteiger partial charge >= 0.3 is 0 Å². The van der Waals surface area contributed by atoms with Gasteiger partial charge in [-0.25, -0.2) is 4.39 Å². The Balaban J connectivity index is 1.57. The molecule has 1 aliphatic rings. The molecule has 3 aromatic rings. The van der Waals surface area contributed by atoms with Gasteiger partial charge in [-0.3, -0.25) is 9.89 Å². The van der Waals surface area contributed by atoms with Gasteiger partial charge in [0, 0.05) is 29.4 Å². The number of methoxy groups -OCH3 is 1. The molecule has 8 nitrogen and oxygen atoms in total. The number of ether oxygens (including phenoxy) is 3. The molecular weight excluding hydrogens is 439 g/mol. The van der Waals surface area contributed by atoms with Crippen LogP contribution in [0.4, 0.5) is 10.1 Å². The van der Waals surface area contributed by atoms with Crippen molar-refractivity contribution in [3.63, 3.8) is 0 Å². The maximum atomic E-state index is 15.1. The number of rotatable bonds is 8. The molecule has 1 aliphatic heterocycles. The number of likely N-dealkylation sites (N-methyl/N-ethyl adjacent to an activating group) is 1. The Hall–Kier alpha value is -3.59. The highest BCUT2D eigenvalue weighted by Crippen LogP contribution is 2.36. The Kier molecular flexibility index (Phi) is 7.02. The first-order valence-electron chi connectivity index (χ1n) is 11.1. The lowest BCUT2D eigenvalue weighted by molar-refractivity contribution is -0.121. The maximum absolute atomic E-state index is 15.1. The number of aromatic amines is 1. The number of carbonyl (C=O) groups excluding carboxylic acids is 1. The zero-order valence-corrected chi connectivity index (χ0v) is 19.8. The Labute approximate surface area is 198 Å². The lowest BCUT2D eigenvalue weighted by atomic mass is 9.95. The van der Waals surface area contributed by atoms with Crippen LogP contribution in [-0.2, 0) is 11.2 Å². The van der Waals surface area contributed by atoms with Crippen molar-refractivity contribution in [1.29, 1.82) is 0 Å². The van der Waals surface area contributed by atoms with Crippen molar-refractivity contribution in [2.45, 2.75) is 13.3 Å². The predicted octanol–water partition coefficient (Wildman–Crippen LogP) is 3.66. The number of aryl methyl sites for hydroxylation is 1. The average molecular weight is 469 g/mol. The van der Waals surface area contributed by atoms with Crippen molar-refractivity contribution in [1.82, 2.24) is 15.1 Å². The summed E-state index contributed by atoms with van der Waals surface area (Å²) < 4.78 is 32.1. The molecule has 2 aromatic carbocycles. The summed E-state index contributed by atoms with van der Waals surface area (Å²) in [5.74, 6) is 0.655. The van der Waals surface area contributed by atoms with Crippen molar-refractivity contribution in [3.05, 3.63) is 53.6 Å². The Bertz CT molecular complexity index is 1180. The largest absolute Gasteiger partial charge is 0.497 e. The molecule has 2 N–H and O–H groups in total. The summed E-state index contributed by atoms with van der Waals surface area (Å²) in [6, 6.07) is 8.43. The van der Waals surface area contributed by atoms with Crippen molar-refractivity contribution in [2.75, 3.05) is 46.3 Å². The highest BCUT2D eigenvalue weighted by atomic mass is 19.1. The molecule has 0 aliphatic carbocycles. The number of benzene rings is 2. The fraction of sp³-hybridized carbons (Fsp3) is 0.360. The number of hydrogen-bond acceptors (Lipinski definition) is 6. The Morgan fingerprint density at radius 3 is 2.82 bits per heavy atom. The van der Waals surface area contributed by atoms with E-state index in [0.29, 0.717) is 42.2 Å². The number of aromatic nitrogens is 2. The number of anilines is 1. The summed E-state index contributed by atoms with van der Waals surface area (Å²) in [4.78, 5) is 15.1. The third-order valence-corrected chi connectivity index (χ3v) is 5.79. The second kappa shape index (κ2) is 10.1. The van der Waals surface area contributed by atoms with Crippen LogP contribution < -0.4 is 19.5 Å². The van der Waals surface area contributed by atoms with E-state index in [2.05, 4.69) is 15.5 Å². The van der Waals surface area contributed by atoms with Crippen LogP contribution in [0.1, 0.15) is 11.3 Å². The van der Waals surface area contributed by atoms with Gasteiger partial charge in [0.2, 0.25) is 5.91 Å². The van der Waals surface area contributed by atoms with Gasteiger partial charge in [-0.15, -0.1) is 0 Å². The van der Waals surface area contributed by atoms with Gasteiger partial charge in [0.1, 0.15) is 36.3 Å². The molecule has 1 amide bonds. The standard InChI is InChI=1S/C25H29FN4O4/c1-15-20(13-27-29-15)19-11-24(33-8-7-30(2)3)22(12-21(19)26)28-25(31)17-9-16-10-18(32-4)5-6-23(16)34-14-17/h5-6,10-13,17H,7-9,14H2,1-4H3,(H,27,29)(H,28,31)/t17-/m1/s1. The van der Waals surface area contributed by atoms with E-state index >= 15 is 4.39 Å². The van der Waals surface area contributed by atoms with Gasteiger partial charge in [-0.2, -0.15) is 5.10 Å². The van der Waals surface area contributed by atoms with E-state index in [1.807, 2.05) is 44.1 Å². The van der Waals surface area contributed by atoms with E-state index in [-0.39, 0.29) is 18.2 Å². The molecular formula is C25H29FN4O4.